The number of amides is 1. The third kappa shape index (κ3) is 5.24. The molecular weight excluding hydrogens is 390 g/mol. The van der Waals surface area contributed by atoms with Crippen molar-refractivity contribution < 1.29 is 14.3 Å². The molecule has 4 nitrogen and oxygen atoms in total. The smallest absolute Gasteiger partial charge is 0.263 e. The Morgan fingerprint density at radius 1 is 1.14 bits per heavy atom. The largest absolute Gasteiger partial charge is 0.490 e. The van der Waals surface area contributed by atoms with E-state index in [4.69, 9.17) is 21.7 Å². The topological polar surface area (TPSA) is 47.6 Å². The first-order valence-electron chi connectivity index (χ1n) is 8.86. The van der Waals surface area contributed by atoms with Crippen molar-refractivity contribution in [2.24, 2.45) is 0 Å². The van der Waals surface area contributed by atoms with Crippen LogP contribution in [0.4, 0.5) is 0 Å². The van der Waals surface area contributed by atoms with Crippen molar-refractivity contribution in [1.29, 1.82) is 0 Å². The van der Waals surface area contributed by atoms with Crippen LogP contribution in [-0.2, 0) is 11.2 Å². The molecule has 28 heavy (non-hydrogen) atoms. The lowest BCUT2D eigenvalue weighted by atomic mass is 10.1. The zero-order valence-electron chi connectivity index (χ0n) is 15.6. The highest BCUT2D eigenvalue weighted by molar-refractivity contribution is 8.26. The molecule has 1 aliphatic rings. The summed E-state index contributed by atoms with van der Waals surface area (Å²) >= 11 is 6.30. The average molecular weight is 412 g/mol. The standard InChI is InChI=1S/C22H21NO3S2/c1-3-6-16-7-4-5-8-18(16)25-11-12-26-19-10-9-15(2)13-17(19)14-20-21(24)23-22(27)28-20/h3-5,7-10,13-14H,1,6,11-12H2,2H3,(H,23,24,27)/b20-14-. The number of hydrogen-bond donors (Lipinski definition) is 1. The highest BCUT2D eigenvalue weighted by Crippen LogP contribution is 2.30. The van der Waals surface area contributed by atoms with Gasteiger partial charge in [-0.2, -0.15) is 0 Å². The van der Waals surface area contributed by atoms with Crippen molar-refractivity contribution in [2.45, 2.75) is 13.3 Å². The molecule has 2 aromatic rings. The zero-order valence-corrected chi connectivity index (χ0v) is 17.2. The maximum atomic E-state index is 11.9. The molecule has 1 N–H and O–H groups in total. The highest BCUT2D eigenvalue weighted by Gasteiger charge is 2.22. The van der Waals surface area contributed by atoms with Gasteiger partial charge in [0, 0.05) is 5.56 Å². The fraction of sp³-hybridized carbons (Fsp3) is 0.182. The van der Waals surface area contributed by atoms with Crippen LogP contribution in [0.15, 0.2) is 60.0 Å². The van der Waals surface area contributed by atoms with Crippen molar-refractivity contribution in [3.63, 3.8) is 0 Å². The van der Waals surface area contributed by atoms with Crippen molar-refractivity contribution in [1.82, 2.24) is 5.32 Å². The quantitative estimate of drug-likeness (QED) is 0.296. The molecule has 1 heterocycles. The summed E-state index contributed by atoms with van der Waals surface area (Å²) in [6, 6.07) is 13.8. The predicted octanol–water partition coefficient (Wildman–Crippen LogP) is 4.67. The van der Waals surface area contributed by atoms with Crippen molar-refractivity contribution in [2.75, 3.05) is 13.2 Å². The molecule has 1 saturated heterocycles. The Balaban J connectivity index is 1.65. The van der Waals surface area contributed by atoms with Gasteiger partial charge >= 0.3 is 0 Å². The van der Waals surface area contributed by atoms with Gasteiger partial charge in [0.25, 0.3) is 5.91 Å². The number of aryl methyl sites for hydroxylation is 1. The number of nitrogens with one attached hydrogen (secondary N) is 1. The molecule has 0 unspecified atom stereocenters. The summed E-state index contributed by atoms with van der Waals surface area (Å²) in [5, 5.41) is 2.63. The van der Waals surface area contributed by atoms with Gasteiger partial charge in [-0.1, -0.05) is 59.9 Å². The van der Waals surface area contributed by atoms with Crippen molar-refractivity contribution in [3.8, 4) is 11.5 Å². The number of rotatable bonds is 8. The van der Waals surface area contributed by atoms with Crippen LogP contribution in [0.5, 0.6) is 11.5 Å². The van der Waals surface area contributed by atoms with E-state index in [0.717, 1.165) is 28.9 Å². The SMILES string of the molecule is C=CCc1ccccc1OCCOc1ccc(C)cc1/C=C1\SC(=S)NC1=O. The van der Waals surface area contributed by atoms with Gasteiger partial charge in [0.2, 0.25) is 0 Å². The molecule has 1 amide bonds. The zero-order chi connectivity index (χ0) is 19.9. The number of hydrogen-bond acceptors (Lipinski definition) is 5. The van der Waals surface area contributed by atoms with E-state index >= 15 is 0 Å². The molecule has 1 fully saturated rings. The number of benzene rings is 2. The summed E-state index contributed by atoms with van der Waals surface area (Å²) in [5.41, 5.74) is 3.02. The van der Waals surface area contributed by atoms with Crippen LogP contribution in [-0.4, -0.2) is 23.4 Å². The first-order valence-corrected chi connectivity index (χ1v) is 10.1. The highest BCUT2D eigenvalue weighted by atomic mass is 32.2. The van der Waals surface area contributed by atoms with Crippen LogP contribution in [0.1, 0.15) is 16.7 Å². The fourth-order valence-electron chi connectivity index (χ4n) is 2.75. The Labute approximate surface area is 174 Å². The minimum Gasteiger partial charge on any atom is -0.490 e. The van der Waals surface area contributed by atoms with Gasteiger partial charge in [-0.25, -0.2) is 0 Å². The monoisotopic (exact) mass is 411 g/mol. The number of para-hydroxylation sites is 1. The van der Waals surface area contributed by atoms with E-state index in [0.29, 0.717) is 28.2 Å². The third-order valence-electron chi connectivity index (χ3n) is 4.03. The fourth-order valence-corrected chi connectivity index (χ4v) is 3.78. The van der Waals surface area contributed by atoms with E-state index in [1.807, 2.05) is 61.5 Å². The van der Waals surface area contributed by atoms with Crippen molar-refractivity contribution in [3.05, 3.63) is 76.7 Å². The molecule has 1 aliphatic heterocycles. The summed E-state index contributed by atoms with van der Waals surface area (Å²) in [6.07, 6.45) is 4.42. The summed E-state index contributed by atoms with van der Waals surface area (Å²) in [6.45, 7) is 6.58. The summed E-state index contributed by atoms with van der Waals surface area (Å²) in [5.74, 6) is 1.36. The molecule has 0 aromatic heterocycles. The third-order valence-corrected chi connectivity index (χ3v) is 5.19. The second-order valence-electron chi connectivity index (χ2n) is 6.19. The normalized spacial score (nSPS) is 14.8. The number of allylic oxidation sites excluding steroid dienone is 1. The molecule has 144 valence electrons. The molecule has 0 spiro atoms. The maximum absolute atomic E-state index is 11.9. The van der Waals surface area contributed by atoms with Crippen LogP contribution in [0, 0.1) is 6.92 Å². The molecule has 0 bridgehead atoms. The van der Waals surface area contributed by atoms with Gasteiger partial charge in [0.1, 0.15) is 29.0 Å². The lowest BCUT2D eigenvalue weighted by molar-refractivity contribution is -0.115. The van der Waals surface area contributed by atoms with Gasteiger partial charge in [-0.3, -0.25) is 4.79 Å². The number of carbonyl (C=O) groups is 1. The second kappa shape index (κ2) is 9.57. The molecule has 6 heteroatoms. The Morgan fingerprint density at radius 2 is 1.89 bits per heavy atom. The van der Waals surface area contributed by atoms with Gasteiger partial charge in [-0.05, 0) is 43.2 Å². The second-order valence-corrected chi connectivity index (χ2v) is 7.91. The van der Waals surface area contributed by atoms with Crippen LogP contribution >= 0.6 is 24.0 Å². The number of carbonyl (C=O) groups excluding carboxylic acids is 1. The van der Waals surface area contributed by atoms with E-state index in [9.17, 15) is 4.79 Å². The Kier molecular flexibility index (Phi) is 6.90. The molecular formula is C22H21NO3S2. The minimum atomic E-state index is -0.176. The van der Waals surface area contributed by atoms with Crippen molar-refractivity contribution >= 4 is 40.3 Å². The van der Waals surface area contributed by atoms with E-state index in [1.165, 1.54) is 11.8 Å². The van der Waals surface area contributed by atoms with E-state index < -0.39 is 0 Å². The summed E-state index contributed by atoms with van der Waals surface area (Å²) in [4.78, 5) is 12.5. The summed E-state index contributed by atoms with van der Waals surface area (Å²) in [7, 11) is 0. The first-order chi connectivity index (χ1) is 13.6. The Bertz CT molecular complexity index is 937. The van der Waals surface area contributed by atoms with Crippen LogP contribution in [0.2, 0.25) is 0 Å². The Morgan fingerprint density at radius 3 is 2.61 bits per heavy atom. The minimum absolute atomic E-state index is 0.176. The molecule has 0 aliphatic carbocycles. The van der Waals surface area contributed by atoms with Gasteiger partial charge < -0.3 is 14.8 Å². The first kappa shape index (κ1) is 20.2. The molecule has 3 rings (SSSR count). The van der Waals surface area contributed by atoms with Gasteiger partial charge in [-0.15, -0.1) is 6.58 Å². The van der Waals surface area contributed by atoms with Gasteiger partial charge in [0.15, 0.2) is 0 Å². The summed E-state index contributed by atoms with van der Waals surface area (Å²) < 4.78 is 12.3. The van der Waals surface area contributed by atoms with E-state index in [2.05, 4.69) is 11.9 Å². The van der Waals surface area contributed by atoms with E-state index in [-0.39, 0.29) is 5.91 Å². The molecule has 0 radical (unpaired) electrons. The number of ether oxygens (including phenoxy) is 2. The lowest BCUT2D eigenvalue weighted by Crippen LogP contribution is -2.17. The Hall–Kier alpha value is -2.57. The van der Waals surface area contributed by atoms with Crippen LogP contribution in [0.25, 0.3) is 6.08 Å². The maximum Gasteiger partial charge on any atom is 0.263 e. The lowest BCUT2D eigenvalue weighted by Gasteiger charge is -2.13. The predicted molar refractivity (Wildman–Crippen MR) is 119 cm³/mol. The van der Waals surface area contributed by atoms with Crippen LogP contribution in [0.3, 0.4) is 0 Å². The molecule has 2 aromatic carbocycles. The number of thioether (sulfide) groups is 1. The average Bonchev–Trinajstić information content (AvgIpc) is 2.98. The van der Waals surface area contributed by atoms with E-state index in [1.54, 1.807) is 0 Å². The number of thiocarbonyl (C=S) groups is 1. The van der Waals surface area contributed by atoms with Crippen LogP contribution < -0.4 is 14.8 Å². The molecule has 0 saturated carbocycles. The van der Waals surface area contributed by atoms with Gasteiger partial charge in [0.05, 0.1) is 4.91 Å². The molecule has 0 atom stereocenters.